The number of hydrogen-bond donors (Lipinski definition) is 0. The molecule has 44 valence electrons. The van der Waals surface area contributed by atoms with E-state index in [0.717, 1.165) is 0 Å². The maximum absolute atomic E-state index is 0. The van der Waals surface area contributed by atoms with Crippen LogP contribution < -0.4 is 0 Å². The molecule has 0 aliphatic heterocycles. The molecule has 0 aliphatic rings. The van der Waals surface area contributed by atoms with Gasteiger partial charge in [0.05, 0.1) is 0 Å². The first-order valence-electron chi connectivity index (χ1n) is 0. The molecule has 0 rings (SSSR count). The Hall–Kier alpha value is 3.92. The Morgan fingerprint density at radius 2 is 0.333 bits per heavy atom. The third kappa shape index (κ3) is 24.7. The van der Waals surface area contributed by atoms with Crippen LogP contribution in [0.5, 0.6) is 0 Å². The Balaban J connectivity index is 0. The number of rotatable bonds is 0. The van der Waals surface area contributed by atoms with Crippen LogP contribution in [0.4, 0.5) is 0 Å². The van der Waals surface area contributed by atoms with Gasteiger partial charge in [-0.3, -0.25) is 0 Å². The van der Waals surface area contributed by atoms with Crippen molar-refractivity contribution in [3.05, 3.63) is 0 Å². The molecule has 0 aromatic carbocycles. The first-order chi connectivity index (χ1) is 0. The maximum Gasteiger partial charge on any atom is 0 e. The van der Waals surface area contributed by atoms with Crippen LogP contribution in [-0.2, 0) is 85.3 Å². The van der Waals surface area contributed by atoms with E-state index in [9.17, 15) is 0 Å². The Kier molecular flexibility index (Phi) is 312. The molecule has 0 aliphatic carbocycles. The minimum Gasteiger partial charge on any atom is 0 e. The summed E-state index contributed by atoms with van der Waals surface area (Å²) in [7, 11) is 0. The van der Waals surface area contributed by atoms with Gasteiger partial charge in [0.25, 0.3) is 0 Å². The molecule has 6 heavy (non-hydrogen) atoms. The molecule has 0 saturated carbocycles. The SMILES string of the molecule is [Fe].[Fe].[Fe].[Fe].[Fe].[Th]. The summed E-state index contributed by atoms with van der Waals surface area (Å²) >= 11 is 0. The van der Waals surface area contributed by atoms with Crippen molar-refractivity contribution in [3.8, 4) is 0 Å². The first kappa shape index (κ1) is 51.3. The van der Waals surface area contributed by atoms with Gasteiger partial charge in [-0.2, -0.15) is 0 Å². The topological polar surface area (TPSA) is 0 Å². The Bertz CT molecular complexity index is 3.90. The summed E-state index contributed by atoms with van der Waals surface area (Å²) in [4.78, 5) is 0. The molecule has 0 aromatic rings. The van der Waals surface area contributed by atoms with Crippen LogP contribution in [0.25, 0.3) is 0 Å². The van der Waals surface area contributed by atoms with Crippen LogP contribution in [0, 0.1) is 39.9 Å². The molecule has 0 saturated heterocycles. The average Bonchev–Trinajstić information content (AvgIpc) is 0. The van der Waals surface area contributed by atoms with Crippen molar-refractivity contribution < 1.29 is 125 Å². The molecule has 0 unspecified atom stereocenters. The van der Waals surface area contributed by atoms with Gasteiger partial charge < -0.3 is 0 Å². The zero-order valence-corrected chi connectivity index (χ0v) is 11.9. The molecule has 0 atom stereocenters. The van der Waals surface area contributed by atoms with Crippen molar-refractivity contribution in [2.45, 2.75) is 0 Å². The Labute approximate surface area is 123 Å². The predicted molar refractivity (Wildman–Crippen MR) is 0 cm³/mol. The Morgan fingerprint density at radius 3 is 0.333 bits per heavy atom. The van der Waals surface area contributed by atoms with E-state index >= 15 is 0 Å². The first-order valence-corrected chi connectivity index (χ1v) is 0. The van der Waals surface area contributed by atoms with Crippen molar-refractivity contribution in [3.63, 3.8) is 0 Å². The van der Waals surface area contributed by atoms with E-state index in [1.54, 1.807) is 0 Å². The van der Waals surface area contributed by atoms with Gasteiger partial charge in [0, 0.05) is 125 Å². The van der Waals surface area contributed by atoms with Gasteiger partial charge in [-0.05, 0) is 0 Å². The quantitative estimate of drug-likeness (QED) is 0.402. The molecule has 0 heterocycles. The van der Waals surface area contributed by atoms with E-state index in [-0.39, 0.29) is 125 Å². The van der Waals surface area contributed by atoms with Crippen molar-refractivity contribution in [1.82, 2.24) is 0 Å². The second kappa shape index (κ2) is 36.4. The molecule has 0 amide bonds. The summed E-state index contributed by atoms with van der Waals surface area (Å²) in [6.45, 7) is 0. The van der Waals surface area contributed by atoms with Crippen LogP contribution in [0.3, 0.4) is 0 Å². The third-order valence-electron chi connectivity index (χ3n) is 0. The van der Waals surface area contributed by atoms with Crippen molar-refractivity contribution in [2.75, 3.05) is 0 Å². The minimum atomic E-state index is 0. The minimum absolute atomic E-state index is 0. The molecule has 0 radical (unpaired) electrons. The molecule has 6 heteroatoms. The van der Waals surface area contributed by atoms with Gasteiger partial charge in [-0.25, -0.2) is 0 Å². The maximum atomic E-state index is 0. The summed E-state index contributed by atoms with van der Waals surface area (Å²) in [5.74, 6) is 0. The van der Waals surface area contributed by atoms with E-state index in [0.29, 0.717) is 0 Å². The molecule has 0 spiro atoms. The second-order valence-electron chi connectivity index (χ2n) is 0. The third-order valence-corrected chi connectivity index (χ3v) is 0. The van der Waals surface area contributed by atoms with Crippen molar-refractivity contribution in [2.24, 2.45) is 0 Å². The van der Waals surface area contributed by atoms with E-state index in [4.69, 9.17) is 0 Å². The van der Waals surface area contributed by atoms with Crippen LogP contribution in [0.1, 0.15) is 0 Å². The second-order valence-corrected chi connectivity index (χ2v) is 0. The van der Waals surface area contributed by atoms with Crippen LogP contribution >= 0.6 is 0 Å². The van der Waals surface area contributed by atoms with Crippen LogP contribution in [0.2, 0.25) is 0 Å². The van der Waals surface area contributed by atoms with Gasteiger partial charge in [-0.15, -0.1) is 0 Å². The van der Waals surface area contributed by atoms with E-state index in [2.05, 4.69) is 0 Å². The largest absolute Gasteiger partial charge is 0 e. The van der Waals surface area contributed by atoms with Gasteiger partial charge in [0.2, 0.25) is 0 Å². The zero-order valence-electron chi connectivity index (χ0n) is 2.27. The molecular weight excluding hydrogens is 511 g/mol. The van der Waals surface area contributed by atoms with E-state index in [1.807, 2.05) is 0 Å². The van der Waals surface area contributed by atoms with E-state index in [1.165, 1.54) is 0 Å². The van der Waals surface area contributed by atoms with Crippen LogP contribution in [-0.4, -0.2) is 0 Å². The van der Waals surface area contributed by atoms with Crippen molar-refractivity contribution >= 4 is 0 Å². The molecule has 0 aromatic heterocycles. The average molecular weight is 511 g/mol. The fourth-order valence-corrected chi connectivity index (χ4v) is 0. The molecule has 0 bridgehead atoms. The number of hydrogen-bond acceptors (Lipinski definition) is 0. The predicted octanol–water partition coefficient (Wildman–Crippen LogP) is -0.0125. The fourth-order valence-electron chi connectivity index (χ4n) is 0. The molecule has 0 nitrogen and oxygen atoms in total. The van der Waals surface area contributed by atoms with Gasteiger partial charge in [0.15, 0.2) is 0 Å². The normalized spacial score (nSPS) is 0. The summed E-state index contributed by atoms with van der Waals surface area (Å²) < 4.78 is 0. The molecule has 0 N–H and O–H groups in total. The standard InChI is InChI=1S/5Fe.Th. The summed E-state index contributed by atoms with van der Waals surface area (Å²) in [5.41, 5.74) is 0. The van der Waals surface area contributed by atoms with Crippen molar-refractivity contribution in [1.29, 1.82) is 0 Å². The Morgan fingerprint density at radius 1 is 0.333 bits per heavy atom. The molecular formula is Fe5Th. The zero-order chi connectivity index (χ0) is 0. The van der Waals surface area contributed by atoms with Gasteiger partial charge in [0.1, 0.15) is 0 Å². The van der Waals surface area contributed by atoms with E-state index < -0.39 is 0 Å². The summed E-state index contributed by atoms with van der Waals surface area (Å²) in [5, 5.41) is 0. The summed E-state index contributed by atoms with van der Waals surface area (Å²) in [6, 6.07) is 0. The molecule has 0 fully saturated rings. The summed E-state index contributed by atoms with van der Waals surface area (Å²) in [6.07, 6.45) is 0. The van der Waals surface area contributed by atoms with Gasteiger partial charge in [-0.1, -0.05) is 0 Å². The van der Waals surface area contributed by atoms with Gasteiger partial charge >= 0.3 is 0 Å². The van der Waals surface area contributed by atoms with Crippen LogP contribution in [0.15, 0.2) is 0 Å². The fraction of sp³-hybridized carbons (Fsp3) is 0. The monoisotopic (exact) mass is 512 g/mol. The smallest absolute Gasteiger partial charge is 0 e.